The quantitative estimate of drug-likeness (QED) is 0.561. The minimum absolute atomic E-state index is 0.0535. The molecule has 30 heavy (non-hydrogen) atoms. The first-order valence-corrected chi connectivity index (χ1v) is 9.96. The van der Waals surface area contributed by atoms with Crippen LogP contribution in [0.2, 0.25) is 0 Å². The average Bonchev–Trinajstić information content (AvgIpc) is 3.16. The van der Waals surface area contributed by atoms with Crippen LogP contribution in [-0.2, 0) is 20.7 Å². The lowest BCUT2D eigenvalue weighted by molar-refractivity contribution is -0.148. The van der Waals surface area contributed by atoms with Crippen LogP contribution in [0.1, 0.15) is 43.1 Å². The predicted molar refractivity (Wildman–Crippen MR) is 114 cm³/mol. The molecule has 6 heteroatoms. The minimum Gasteiger partial charge on any atom is -0.463 e. The van der Waals surface area contributed by atoms with E-state index in [4.69, 9.17) is 9.15 Å². The summed E-state index contributed by atoms with van der Waals surface area (Å²) in [4.78, 5) is 29.3. The van der Waals surface area contributed by atoms with E-state index in [9.17, 15) is 9.59 Å². The topological polar surface area (TPSA) is 81.4 Å². The summed E-state index contributed by atoms with van der Waals surface area (Å²) in [5.74, 6) is -0.136. The number of rotatable bonds is 8. The van der Waals surface area contributed by atoms with Crippen LogP contribution < -0.4 is 5.32 Å². The Balaban J connectivity index is 1.69. The molecule has 3 aromatic rings. The third-order valence-electron chi connectivity index (χ3n) is 4.47. The first kappa shape index (κ1) is 21.3. The molecule has 1 N–H and O–H groups in total. The summed E-state index contributed by atoms with van der Waals surface area (Å²) in [7, 11) is 0. The minimum atomic E-state index is -0.482. The lowest BCUT2D eigenvalue weighted by atomic mass is 10.0. The van der Waals surface area contributed by atoms with Gasteiger partial charge in [0.15, 0.2) is 0 Å². The van der Waals surface area contributed by atoms with Gasteiger partial charge in [-0.1, -0.05) is 48.0 Å². The van der Waals surface area contributed by atoms with Crippen molar-refractivity contribution < 1.29 is 18.7 Å². The molecular weight excluding hydrogens is 380 g/mol. The Morgan fingerprint density at radius 1 is 1.07 bits per heavy atom. The van der Waals surface area contributed by atoms with Crippen LogP contribution in [0.25, 0.3) is 11.5 Å². The number of aryl methyl sites for hydroxylation is 1. The van der Waals surface area contributed by atoms with E-state index < -0.39 is 6.04 Å². The van der Waals surface area contributed by atoms with Gasteiger partial charge in [0.05, 0.1) is 30.7 Å². The number of hydrogen-bond donors (Lipinski definition) is 1. The molecule has 1 unspecified atom stereocenters. The number of carbonyl (C=O) groups is 2. The largest absolute Gasteiger partial charge is 0.463 e. The Morgan fingerprint density at radius 2 is 1.77 bits per heavy atom. The summed E-state index contributed by atoms with van der Waals surface area (Å²) in [5, 5.41) is 2.93. The van der Waals surface area contributed by atoms with E-state index >= 15 is 0 Å². The standard InChI is InChI=1S/C24H26N2O4/c1-16(2)30-23(28)14-21(18-11-9-17(3)10-12-18)26-22(27)13-20-15-29-24(25-20)19-7-5-4-6-8-19/h4-12,15-16,21H,13-14H2,1-3H3,(H,26,27). The Labute approximate surface area is 176 Å². The second-order valence-electron chi connectivity index (χ2n) is 7.46. The molecule has 0 aliphatic heterocycles. The van der Waals surface area contributed by atoms with Gasteiger partial charge in [-0.25, -0.2) is 4.98 Å². The number of benzene rings is 2. The van der Waals surface area contributed by atoms with Crippen LogP contribution in [0.4, 0.5) is 0 Å². The van der Waals surface area contributed by atoms with Crippen LogP contribution in [0, 0.1) is 6.92 Å². The maximum Gasteiger partial charge on any atom is 0.308 e. The number of ether oxygens (including phenoxy) is 1. The molecule has 1 aromatic heterocycles. The molecule has 3 rings (SSSR count). The number of oxazole rings is 1. The molecule has 0 fully saturated rings. The number of amides is 1. The first-order chi connectivity index (χ1) is 14.4. The van der Waals surface area contributed by atoms with Crippen molar-refractivity contribution >= 4 is 11.9 Å². The molecular formula is C24H26N2O4. The van der Waals surface area contributed by atoms with E-state index in [1.807, 2.05) is 61.5 Å². The molecule has 1 atom stereocenters. The number of hydrogen-bond acceptors (Lipinski definition) is 5. The van der Waals surface area contributed by atoms with Crippen molar-refractivity contribution in [3.8, 4) is 11.5 Å². The molecule has 2 aromatic carbocycles. The first-order valence-electron chi connectivity index (χ1n) is 9.96. The van der Waals surface area contributed by atoms with Gasteiger partial charge in [-0.05, 0) is 38.5 Å². The van der Waals surface area contributed by atoms with E-state index in [1.54, 1.807) is 13.8 Å². The zero-order valence-electron chi connectivity index (χ0n) is 17.4. The number of esters is 1. The normalized spacial score (nSPS) is 11.9. The third kappa shape index (κ3) is 6.04. The molecule has 156 valence electrons. The Morgan fingerprint density at radius 3 is 2.43 bits per heavy atom. The fourth-order valence-corrected chi connectivity index (χ4v) is 3.04. The predicted octanol–water partition coefficient (Wildman–Crippen LogP) is 4.39. The van der Waals surface area contributed by atoms with Crippen molar-refractivity contribution in [2.75, 3.05) is 0 Å². The van der Waals surface area contributed by atoms with Gasteiger partial charge in [-0.2, -0.15) is 0 Å². The Kier molecular flexibility index (Phi) is 7.01. The average molecular weight is 406 g/mol. The van der Waals surface area contributed by atoms with Crippen molar-refractivity contribution in [1.29, 1.82) is 0 Å². The molecule has 0 radical (unpaired) electrons. The fourth-order valence-electron chi connectivity index (χ4n) is 3.04. The molecule has 0 saturated heterocycles. The van der Waals surface area contributed by atoms with Crippen molar-refractivity contribution in [3.05, 3.63) is 77.7 Å². The van der Waals surface area contributed by atoms with E-state index in [0.29, 0.717) is 11.6 Å². The maximum absolute atomic E-state index is 12.7. The van der Waals surface area contributed by atoms with Crippen molar-refractivity contribution in [1.82, 2.24) is 10.3 Å². The monoisotopic (exact) mass is 406 g/mol. The summed E-state index contributed by atoms with van der Waals surface area (Å²) in [6, 6.07) is 16.7. The highest BCUT2D eigenvalue weighted by Crippen LogP contribution is 2.20. The van der Waals surface area contributed by atoms with Gasteiger partial charge >= 0.3 is 5.97 Å². The smallest absolute Gasteiger partial charge is 0.308 e. The molecule has 1 amide bonds. The van der Waals surface area contributed by atoms with Gasteiger partial charge in [0.2, 0.25) is 11.8 Å². The number of nitrogens with one attached hydrogen (secondary N) is 1. The highest BCUT2D eigenvalue weighted by Gasteiger charge is 2.21. The van der Waals surface area contributed by atoms with Crippen LogP contribution in [0.15, 0.2) is 65.3 Å². The molecule has 0 spiro atoms. The molecule has 0 bridgehead atoms. The van der Waals surface area contributed by atoms with E-state index in [2.05, 4.69) is 10.3 Å². The highest BCUT2D eigenvalue weighted by atomic mass is 16.5. The lowest BCUT2D eigenvalue weighted by Gasteiger charge is -2.19. The van der Waals surface area contributed by atoms with Gasteiger partial charge in [0.1, 0.15) is 6.26 Å². The second kappa shape index (κ2) is 9.87. The zero-order chi connectivity index (χ0) is 21.5. The van der Waals surface area contributed by atoms with Crippen LogP contribution in [-0.4, -0.2) is 23.0 Å². The van der Waals surface area contributed by atoms with Crippen molar-refractivity contribution in [3.63, 3.8) is 0 Å². The van der Waals surface area contributed by atoms with Gasteiger partial charge in [-0.15, -0.1) is 0 Å². The molecule has 0 saturated carbocycles. The number of nitrogens with zero attached hydrogens (tertiary/aromatic N) is 1. The Hall–Kier alpha value is -3.41. The van der Waals surface area contributed by atoms with Gasteiger partial charge < -0.3 is 14.5 Å². The number of aromatic nitrogens is 1. The van der Waals surface area contributed by atoms with Crippen LogP contribution >= 0.6 is 0 Å². The molecule has 1 heterocycles. The summed E-state index contributed by atoms with van der Waals surface area (Å²) in [6.45, 7) is 5.58. The molecule has 6 nitrogen and oxygen atoms in total. The van der Waals surface area contributed by atoms with Gasteiger partial charge in [0.25, 0.3) is 0 Å². The van der Waals surface area contributed by atoms with Crippen molar-refractivity contribution in [2.24, 2.45) is 0 Å². The number of carbonyl (C=O) groups excluding carboxylic acids is 2. The van der Waals surface area contributed by atoms with E-state index in [0.717, 1.165) is 16.7 Å². The van der Waals surface area contributed by atoms with Crippen LogP contribution in [0.5, 0.6) is 0 Å². The Bertz CT molecular complexity index is 978. The SMILES string of the molecule is Cc1ccc(C(CC(=O)OC(C)C)NC(=O)Cc2coc(-c3ccccc3)n2)cc1. The zero-order valence-corrected chi connectivity index (χ0v) is 17.4. The maximum atomic E-state index is 12.7. The second-order valence-corrected chi connectivity index (χ2v) is 7.46. The summed E-state index contributed by atoms with van der Waals surface area (Å²) in [5.41, 5.74) is 3.32. The van der Waals surface area contributed by atoms with E-state index in [1.165, 1.54) is 6.26 Å². The third-order valence-corrected chi connectivity index (χ3v) is 4.47. The lowest BCUT2D eigenvalue weighted by Crippen LogP contribution is -2.32. The van der Waals surface area contributed by atoms with Gasteiger partial charge in [0, 0.05) is 5.56 Å². The van der Waals surface area contributed by atoms with Gasteiger partial charge in [-0.3, -0.25) is 9.59 Å². The van der Waals surface area contributed by atoms with Crippen molar-refractivity contribution in [2.45, 2.75) is 45.8 Å². The summed E-state index contributed by atoms with van der Waals surface area (Å²) < 4.78 is 10.8. The van der Waals surface area contributed by atoms with E-state index in [-0.39, 0.29) is 30.8 Å². The summed E-state index contributed by atoms with van der Waals surface area (Å²) in [6.07, 6.45) is 1.38. The molecule has 0 aliphatic rings. The fraction of sp³-hybridized carbons (Fsp3) is 0.292. The summed E-state index contributed by atoms with van der Waals surface area (Å²) >= 11 is 0. The van der Waals surface area contributed by atoms with Crippen LogP contribution in [0.3, 0.4) is 0 Å². The molecule has 0 aliphatic carbocycles. The highest BCUT2D eigenvalue weighted by molar-refractivity contribution is 5.80.